The fourth-order valence-corrected chi connectivity index (χ4v) is 3.39. The third-order valence-corrected chi connectivity index (χ3v) is 4.23. The molecule has 19 heavy (non-hydrogen) atoms. The SMILES string of the molecule is COC(=O)C12CCC(NC(=O)OC(C)(C)C)(CC1)C2. The molecule has 2 saturated carbocycles. The summed E-state index contributed by atoms with van der Waals surface area (Å²) in [7, 11) is 1.43. The number of ether oxygens (including phenoxy) is 2. The zero-order valence-corrected chi connectivity index (χ0v) is 12.2. The normalized spacial score (nSPS) is 33.1. The molecule has 2 aliphatic carbocycles. The molecule has 2 fully saturated rings. The molecule has 2 rings (SSSR count). The molecule has 5 heteroatoms. The Bertz CT molecular complexity index is 389. The molecule has 0 radical (unpaired) electrons. The number of hydrogen-bond donors (Lipinski definition) is 1. The van der Waals surface area contributed by atoms with E-state index in [-0.39, 0.29) is 16.9 Å². The van der Waals surface area contributed by atoms with Gasteiger partial charge in [-0.2, -0.15) is 0 Å². The topological polar surface area (TPSA) is 64.6 Å². The van der Waals surface area contributed by atoms with E-state index in [2.05, 4.69) is 5.32 Å². The minimum atomic E-state index is -0.503. The van der Waals surface area contributed by atoms with Gasteiger partial charge in [-0.15, -0.1) is 0 Å². The average Bonchev–Trinajstić information content (AvgIpc) is 2.81. The average molecular weight is 269 g/mol. The second-order valence-corrected chi connectivity index (χ2v) is 6.86. The molecule has 0 saturated heterocycles. The lowest BCUT2D eigenvalue weighted by Crippen LogP contribution is -2.47. The fraction of sp³-hybridized carbons (Fsp3) is 0.857. The van der Waals surface area contributed by atoms with Crippen LogP contribution in [-0.4, -0.2) is 30.3 Å². The number of carbonyl (C=O) groups is 2. The Morgan fingerprint density at radius 2 is 1.68 bits per heavy atom. The van der Waals surface area contributed by atoms with E-state index in [0.29, 0.717) is 6.42 Å². The van der Waals surface area contributed by atoms with Gasteiger partial charge in [0.1, 0.15) is 5.60 Å². The van der Waals surface area contributed by atoms with Crippen LogP contribution < -0.4 is 5.32 Å². The molecule has 0 unspecified atom stereocenters. The van der Waals surface area contributed by atoms with Gasteiger partial charge in [0, 0.05) is 5.54 Å². The predicted molar refractivity (Wildman–Crippen MR) is 69.6 cm³/mol. The number of esters is 1. The predicted octanol–water partition coefficient (Wildman–Crippen LogP) is 2.39. The molecule has 2 aliphatic rings. The fourth-order valence-electron chi connectivity index (χ4n) is 3.39. The maximum Gasteiger partial charge on any atom is 0.408 e. The summed E-state index contributed by atoms with van der Waals surface area (Å²) >= 11 is 0. The number of alkyl carbamates (subject to hydrolysis) is 1. The monoisotopic (exact) mass is 269 g/mol. The van der Waals surface area contributed by atoms with Crippen molar-refractivity contribution in [2.24, 2.45) is 5.41 Å². The molecule has 0 aliphatic heterocycles. The van der Waals surface area contributed by atoms with Crippen LogP contribution in [0.3, 0.4) is 0 Å². The molecule has 0 aromatic carbocycles. The number of hydrogen-bond acceptors (Lipinski definition) is 4. The van der Waals surface area contributed by atoms with Crippen LogP contribution in [0.15, 0.2) is 0 Å². The Morgan fingerprint density at radius 1 is 1.11 bits per heavy atom. The smallest absolute Gasteiger partial charge is 0.408 e. The molecule has 108 valence electrons. The molecule has 1 N–H and O–H groups in total. The second-order valence-electron chi connectivity index (χ2n) is 6.86. The van der Waals surface area contributed by atoms with Crippen LogP contribution in [-0.2, 0) is 14.3 Å². The summed E-state index contributed by atoms with van der Waals surface area (Å²) in [5.41, 5.74) is -1.17. The molecule has 0 aromatic rings. The van der Waals surface area contributed by atoms with Crippen molar-refractivity contribution in [1.82, 2.24) is 5.32 Å². The zero-order valence-electron chi connectivity index (χ0n) is 12.2. The maximum atomic E-state index is 11.9. The first-order valence-electron chi connectivity index (χ1n) is 6.80. The Morgan fingerprint density at radius 3 is 2.16 bits per heavy atom. The van der Waals surface area contributed by atoms with Gasteiger partial charge in [-0.05, 0) is 52.9 Å². The number of methoxy groups -OCH3 is 1. The van der Waals surface area contributed by atoms with E-state index in [9.17, 15) is 9.59 Å². The van der Waals surface area contributed by atoms with Crippen molar-refractivity contribution in [3.05, 3.63) is 0 Å². The van der Waals surface area contributed by atoms with Crippen LogP contribution in [0.1, 0.15) is 52.9 Å². The highest BCUT2D eigenvalue weighted by molar-refractivity contribution is 5.79. The quantitative estimate of drug-likeness (QED) is 0.782. The third kappa shape index (κ3) is 2.69. The lowest BCUT2D eigenvalue weighted by atomic mass is 9.84. The number of carbonyl (C=O) groups excluding carboxylic acids is 2. The highest BCUT2D eigenvalue weighted by Gasteiger charge is 2.59. The van der Waals surface area contributed by atoms with Crippen molar-refractivity contribution in [2.45, 2.75) is 64.0 Å². The van der Waals surface area contributed by atoms with E-state index in [4.69, 9.17) is 9.47 Å². The van der Waals surface area contributed by atoms with Gasteiger partial charge < -0.3 is 14.8 Å². The first kappa shape index (κ1) is 14.2. The standard InChI is InChI=1S/C14H23NO4/c1-12(2,3)19-11(17)15-14-7-5-13(9-14,6-8-14)10(16)18-4/h5-9H2,1-4H3,(H,15,17). The third-order valence-electron chi connectivity index (χ3n) is 4.23. The highest BCUT2D eigenvalue weighted by atomic mass is 16.6. The van der Waals surface area contributed by atoms with E-state index >= 15 is 0 Å². The minimum Gasteiger partial charge on any atom is -0.469 e. The van der Waals surface area contributed by atoms with Crippen molar-refractivity contribution in [2.75, 3.05) is 7.11 Å². The van der Waals surface area contributed by atoms with Gasteiger partial charge in [-0.3, -0.25) is 4.79 Å². The second kappa shape index (κ2) is 4.39. The summed E-state index contributed by atoms with van der Waals surface area (Å²) in [5.74, 6) is -0.141. The summed E-state index contributed by atoms with van der Waals surface area (Å²) < 4.78 is 10.2. The summed E-state index contributed by atoms with van der Waals surface area (Å²) in [6.07, 6.45) is 3.49. The van der Waals surface area contributed by atoms with Crippen LogP contribution in [0, 0.1) is 5.41 Å². The number of amides is 1. The number of nitrogens with one attached hydrogen (secondary N) is 1. The van der Waals surface area contributed by atoms with Gasteiger partial charge in [0.25, 0.3) is 0 Å². The van der Waals surface area contributed by atoms with Crippen LogP contribution >= 0.6 is 0 Å². The van der Waals surface area contributed by atoms with Gasteiger partial charge in [-0.1, -0.05) is 0 Å². The van der Waals surface area contributed by atoms with Crippen LogP contribution in [0.4, 0.5) is 4.79 Å². The molecule has 0 spiro atoms. The summed E-state index contributed by atoms with van der Waals surface area (Å²) in [4.78, 5) is 23.8. The van der Waals surface area contributed by atoms with Crippen molar-refractivity contribution in [1.29, 1.82) is 0 Å². The largest absolute Gasteiger partial charge is 0.469 e. The molecular weight excluding hydrogens is 246 g/mol. The first-order valence-corrected chi connectivity index (χ1v) is 6.80. The molecule has 1 amide bonds. The van der Waals surface area contributed by atoms with E-state index in [1.165, 1.54) is 7.11 Å². The maximum absolute atomic E-state index is 11.9. The molecule has 0 aromatic heterocycles. The lowest BCUT2D eigenvalue weighted by molar-refractivity contribution is -0.152. The van der Waals surface area contributed by atoms with Crippen LogP contribution in [0.2, 0.25) is 0 Å². The van der Waals surface area contributed by atoms with Gasteiger partial charge in [0.15, 0.2) is 0 Å². The molecule has 2 bridgehead atoms. The van der Waals surface area contributed by atoms with E-state index in [1.54, 1.807) is 0 Å². The van der Waals surface area contributed by atoms with Crippen molar-refractivity contribution in [3.8, 4) is 0 Å². The Balaban J connectivity index is 2.00. The minimum absolute atomic E-state index is 0.141. The Labute approximate surface area is 114 Å². The van der Waals surface area contributed by atoms with E-state index in [0.717, 1.165) is 25.7 Å². The van der Waals surface area contributed by atoms with Gasteiger partial charge >= 0.3 is 12.1 Å². The summed E-state index contributed by atoms with van der Waals surface area (Å²) in [6.45, 7) is 5.52. The van der Waals surface area contributed by atoms with Crippen LogP contribution in [0.25, 0.3) is 0 Å². The van der Waals surface area contributed by atoms with E-state index in [1.807, 2.05) is 20.8 Å². The van der Waals surface area contributed by atoms with Gasteiger partial charge in [-0.25, -0.2) is 4.79 Å². The highest BCUT2D eigenvalue weighted by Crippen LogP contribution is 2.57. The Hall–Kier alpha value is -1.26. The Kier molecular flexibility index (Phi) is 3.27. The lowest BCUT2D eigenvalue weighted by Gasteiger charge is -2.29. The zero-order chi connectivity index (χ0) is 14.3. The molecular formula is C14H23NO4. The molecule has 0 heterocycles. The summed E-state index contributed by atoms with van der Waals surface area (Å²) in [6, 6.07) is 0. The van der Waals surface area contributed by atoms with Gasteiger partial charge in [0.05, 0.1) is 12.5 Å². The molecule has 0 atom stereocenters. The number of rotatable bonds is 2. The van der Waals surface area contributed by atoms with Crippen molar-refractivity contribution >= 4 is 12.1 Å². The number of fused-ring (bicyclic) bond motifs is 2. The molecule has 5 nitrogen and oxygen atoms in total. The summed E-state index contributed by atoms with van der Waals surface area (Å²) in [5, 5.41) is 2.98. The first-order chi connectivity index (χ1) is 8.70. The van der Waals surface area contributed by atoms with Crippen LogP contribution in [0.5, 0.6) is 0 Å². The van der Waals surface area contributed by atoms with Gasteiger partial charge in [0.2, 0.25) is 0 Å². The van der Waals surface area contributed by atoms with E-state index < -0.39 is 11.7 Å². The van der Waals surface area contributed by atoms with Crippen molar-refractivity contribution < 1.29 is 19.1 Å². The van der Waals surface area contributed by atoms with Crippen molar-refractivity contribution in [3.63, 3.8) is 0 Å².